The summed E-state index contributed by atoms with van der Waals surface area (Å²) in [5, 5.41) is 2.91. The molecule has 0 radical (unpaired) electrons. The maximum atomic E-state index is 11.7. The summed E-state index contributed by atoms with van der Waals surface area (Å²) < 4.78 is 17.4. The van der Waals surface area contributed by atoms with Gasteiger partial charge in [0, 0.05) is 24.0 Å². The third-order valence-corrected chi connectivity index (χ3v) is 6.97. The Morgan fingerprint density at radius 3 is 2.48 bits per heavy atom. The Morgan fingerprint density at radius 2 is 1.76 bits per heavy atom. The van der Waals surface area contributed by atoms with Gasteiger partial charge in [0.05, 0.1) is 38.3 Å². The highest BCUT2D eigenvalue weighted by Crippen LogP contribution is 2.45. The third-order valence-electron chi connectivity index (χ3n) is 6.97. The fourth-order valence-electron chi connectivity index (χ4n) is 5.07. The Morgan fingerprint density at radius 1 is 1.00 bits per heavy atom. The zero-order valence-corrected chi connectivity index (χ0v) is 19.6. The second kappa shape index (κ2) is 9.08. The quantitative estimate of drug-likeness (QED) is 0.622. The SMILES string of the molecule is COc1cc2c(cc1OC)C1CCCCC1N=C2c1ccc(NC(C)=O)c(OCC2CC2)c1. The Bertz CT molecular complexity index is 1090. The molecule has 6 heteroatoms. The first-order valence-electron chi connectivity index (χ1n) is 12.0. The summed E-state index contributed by atoms with van der Waals surface area (Å²) in [5.41, 5.74) is 5.03. The molecule has 33 heavy (non-hydrogen) atoms. The Kier molecular flexibility index (Phi) is 6.00. The minimum absolute atomic E-state index is 0.110. The summed E-state index contributed by atoms with van der Waals surface area (Å²) in [6, 6.07) is 10.4. The number of carbonyl (C=O) groups excluding carboxylic acids is 1. The van der Waals surface area contributed by atoms with Gasteiger partial charge in [-0.15, -0.1) is 0 Å². The van der Waals surface area contributed by atoms with Crippen molar-refractivity contribution in [2.75, 3.05) is 26.1 Å². The first-order chi connectivity index (χ1) is 16.1. The number of nitrogens with zero attached hydrogens (tertiary/aromatic N) is 1. The number of anilines is 1. The Hall–Kier alpha value is -3.02. The van der Waals surface area contributed by atoms with Gasteiger partial charge in [0.1, 0.15) is 5.75 Å². The minimum atomic E-state index is -0.110. The lowest BCUT2D eigenvalue weighted by Gasteiger charge is -2.36. The Labute approximate surface area is 195 Å². The zero-order chi connectivity index (χ0) is 22.9. The van der Waals surface area contributed by atoms with Crippen molar-refractivity contribution in [3.8, 4) is 17.2 Å². The number of rotatable bonds is 7. The number of ether oxygens (including phenoxy) is 3. The lowest BCUT2D eigenvalue weighted by molar-refractivity contribution is -0.114. The van der Waals surface area contributed by atoms with Crippen LogP contribution in [0, 0.1) is 5.92 Å². The molecule has 2 fully saturated rings. The molecule has 1 heterocycles. The van der Waals surface area contributed by atoms with E-state index in [2.05, 4.69) is 17.4 Å². The molecule has 0 saturated heterocycles. The van der Waals surface area contributed by atoms with Crippen molar-refractivity contribution >= 4 is 17.3 Å². The predicted octanol–water partition coefficient (Wildman–Crippen LogP) is 5.33. The van der Waals surface area contributed by atoms with Gasteiger partial charge in [0.2, 0.25) is 5.91 Å². The molecule has 1 amide bonds. The second-order valence-corrected chi connectivity index (χ2v) is 9.38. The van der Waals surface area contributed by atoms with Crippen LogP contribution >= 0.6 is 0 Å². The van der Waals surface area contributed by atoms with E-state index in [1.54, 1.807) is 14.2 Å². The van der Waals surface area contributed by atoms with E-state index in [4.69, 9.17) is 19.2 Å². The zero-order valence-electron chi connectivity index (χ0n) is 19.6. The maximum absolute atomic E-state index is 11.7. The first kappa shape index (κ1) is 21.8. The number of amides is 1. The van der Waals surface area contributed by atoms with Gasteiger partial charge in [0.15, 0.2) is 11.5 Å². The van der Waals surface area contributed by atoms with Crippen molar-refractivity contribution in [2.24, 2.45) is 10.9 Å². The van der Waals surface area contributed by atoms with Crippen LogP contribution < -0.4 is 19.5 Å². The van der Waals surface area contributed by atoms with Crippen LogP contribution in [-0.2, 0) is 4.79 Å². The fourth-order valence-corrected chi connectivity index (χ4v) is 5.07. The minimum Gasteiger partial charge on any atom is -0.493 e. The van der Waals surface area contributed by atoms with Crippen molar-refractivity contribution in [3.63, 3.8) is 0 Å². The lowest BCUT2D eigenvalue weighted by atomic mass is 9.75. The lowest BCUT2D eigenvalue weighted by Crippen LogP contribution is -2.29. The molecular formula is C27H32N2O4. The molecule has 1 aliphatic heterocycles. The Balaban J connectivity index is 1.59. The van der Waals surface area contributed by atoms with Crippen molar-refractivity contribution < 1.29 is 19.0 Å². The number of methoxy groups -OCH3 is 2. The molecule has 2 aliphatic carbocycles. The summed E-state index contributed by atoms with van der Waals surface area (Å²) >= 11 is 0. The van der Waals surface area contributed by atoms with Gasteiger partial charge in [-0.25, -0.2) is 0 Å². The van der Waals surface area contributed by atoms with E-state index in [0.29, 0.717) is 35.6 Å². The average Bonchev–Trinajstić information content (AvgIpc) is 3.66. The van der Waals surface area contributed by atoms with Gasteiger partial charge in [-0.3, -0.25) is 9.79 Å². The van der Waals surface area contributed by atoms with Gasteiger partial charge in [-0.2, -0.15) is 0 Å². The molecule has 6 nitrogen and oxygen atoms in total. The smallest absolute Gasteiger partial charge is 0.221 e. The maximum Gasteiger partial charge on any atom is 0.221 e. The highest BCUT2D eigenvalue weighted by Gasteiger charge is 2.35. The summed E-state index contributed by atoms with van der Waals surface area (Å²) in [7, 11) is 3.35. The fraction of sp³-hybridized carbons (Fsp3) is 0.481. The van der Waals surface area contributed by atoms with Crippen LogP contribution in [0.2, 0.25) is 0 Å². The second-order valence-electron chi connectivity index (χ2n) is 9.38. The highest BCUT2D eigenvalue weighted by atomic mass is 16.5. The van der Waals surface area contributed by atoms with Gasteiger partial charge in [-0.05, 0) is 61.4 Å². The van der Waals surface area contributed by atoms with Gasteiger partial charge < -0.3 is 19.5 Å². The van der Waals surface area contributed by atoms with E-state index >= 15 is 0 Å². The largest absolute Gasteiger partial charge is 0.493 e. The molecule has 0 bridgehead atoms. The van der Waals surface area contributed by atoms with Crippen LogP contribution in [0.3, 0.4) is 0 Å². The standard InChI is InChI=1S/C27H32N2O4/c1-16(30)28-23-11-10-18(12-24(23)33-15-17-8-9-17)27-21-14-26(32-3)25(31-2)13-20(21)19-6-4-5-7-22(19)29-27/h10-14,17,19,22H,4-9,15H2,1-3H3,(H,28,30). The van der Waals surface area contributed by atoms with Crippen LogP contribution in [0.15, 0.2) is 35.3 Å². The number of benzene rings is 2. The monoisotopic (exact) mass is 448 g/mol. The molecule has 5 rings (SSSR count). The van der Waals surface area contributed by atoms with Crippen LogP contribution in [0.1, 0.15) is 68.1 Å². The van der Waals surface area contributed by atoms with Crippen LogP contribution in [-0.4, -0.2) is 38.5 Å². The number of hydrogen-bond acceptors (Lipinski definition) is 5. The van der Waals surface area contributed by atoms with Gasteiger partial charge in [0.25, 0.3) is 0 Å². The van der Waals surface area contributed by atoms with Crippen LogP contribution in [0.4, 0.5) is 5.69 Å². The van der Waals surface area contributed by atoms with E-state index in [1.165, 1.54) is 38.2 Å². The number of carbonyl (C=O) groups is 1. The van der Waals surface area contributed by atoms with E-state index < -0.39 is 0 Å². The molecule has 2 aromatic carbocycles. The first-order valence-corrected chi connectivity index (χ1v) is 12.0. The molecule has 2 atom stereocenters. The molecule has 3 aliphatic rings. The number of hydrogen-bond donors (Lipinski definition) is 1. The molecule has 0 spiro atoms. The predicted molar refractivity (Wildman–Crippen MR) is 129 cm³/mol. The summed E-state index contributed by atoms with van der Waals surface area (Å²) in [6.45, 7) is 2.19. The molecule has 2 saturated carbocycles. The molecular weight excluding hydrogens is 416 g/mol. The van der Waals surface area contributed by atoms with Crippen LogP contribution in [0.5, 0.6) is 17.2 Å². The van der Waals surface area contributed by atoms with E-state index in [9.17, 15) is 4.79 Å². The molecule has 174 valence electrons. The topological polar surface area (TPSA) is 69.2 Å². The molecule has 2 unspecified atom stereocenters. The van der Waals surface area contributed by atoms with E-state index in [1.807, 2.05) is 18.2 Å². The molecule has 0 aromatic heterocycles. The number of aliphatic imine (C=N–C) groups is 1. The number of fused-ring (bicyclic) bond motifs is 3. The van der Waals surface area contributed by atoms with Gasteiger partial charge >= 0.3 is 0 Å². The van der Waals surface area contributed by atoms with E-state index in [-0.39, 0.29) is 11.9 Å². The summed E-state index contributed by atoms with van der Waals surface area (Å²) in [4.78, 5) is 17.0. The summed E-state index contributed by atoms with van der Waals surface area (Å²) in [6.07, 6.45) is 7.08. The van der Waals surface area contributed by atoms with Gasteiger partial charge in [-0.1, -0.05) is 18.9 Å². The number of nitrogens with one attached hydrogen (secondary N) is 1. The van der Waals surface area contributed by atoms with Crippen molar-refractivity contribution in [1.29, 1.82) is 0 Å². The molecule has 1 N–H and O–H groups in total. The summed E-state index contributed by atoms with van der Waals surface area (Å²) in [5.74, 6) is 3.08. The third kappa shape index (κ3) is 4.43. The van der Waals surface area contributed by atoms with Crippen molar-refractivity contribution in [1.82, 2.24) is 0 Å². The molecule has 2 aromatic rings. The van der Waals surface area contributed by atoms with E-state index in [0.717, 1.165) is 35.4 Å². The van der Waals surface area contributed by atoms with Crippen molar-refractivity contribution in [2.45, 2.75) is 57.4 Å². The van der Waals surface area contributed by atoms with Crippen molar-refractivity contribution in [3.05, 3.63) is 47.0 Å². The average molecular weight is 449 g/mol. The highest BCUT2D eigenvalue weighted by molar-refractivity contribution is 6.15. The van der Waals surface area contributed by atoms with Crippen LogP contribution in [0.25, 0.3) is 0 Å². The normalized spacial score (nSPS) is 21.4.